The number of amides is 1. The number of halogens is 1. The van der Waals surface area contributed by atoms with Crippen molar-refractivity contribution < 1.29 is 4.79 Å². The minimum Gasteiger partial charge on any atom is -0.372 e. The van der Waals surface area contributed by atoms with Gasteiger partial charge in [-0.3, -0.25) is 14.8 Å². The molecule has 98 valence electrons. The molecule has 1 unspecified atom stereocenters. The molecular formula is C13H13BrN4O. The molecule has 1 aliphatic heterocycles. The number of nitrogens with one attached hydrogen (secondary N) is 2. The monoisotopic (exact) mass is 320 g/mol. The molecule has 0 saturated carbocycles. The second-order valence-electron chi connectivity index (χ2n) is 4.51. The molecule has 2 N–H and O–H groups in total. The van der Waals surface area contributed by atoms with E-state index in [4.69, 9.17) is 0 Å². The summed E-state index contributed by atoms with van der Waals surface area (Å²) in [5, 5.41) is 6.13. The Hall–Kier alpha value is -1.69. The molecule has 0 aromatic carbocycles. The molecule has 2 aromatic heterocycles. The van der Waals surface area contributed by atoms with Gasteiger partial charge in [0.25, 0.3) is 0 Å². The van der Waals surface area contributed by atoms with Crippen molar-refractivity contribution in [3.8, 4) is 0 Å². The molecule has 1 fully saturated rings. The molecule has 0 radical (unpaired) electrons. The molecule has 2 aromatic rings. The molecule has 0 aliphatic carbocycles. The van der Waals surface area contributed by atoms with E-state index in [1.807, 2.05) is 12.1 Å². The highest BCUT2D eigenvalue weighted by Crippen LogP contribution is 2.23. The molecule has 3 rings (SSSR count). The lowest BCUT2D eigenvalue weighted by atomic mass is 10.1. The lowest BCUT2D eigenvalue weighted by Crippen LogP contribution is -2.44. The van der Waals surface area contributed by atoms with Crippen LogP contribution < -0.4 is 10.6 Å². The van der Waals surface area contributed by atoms with Crippen molar-refractivity contribution >= 4 is 38.6 Å². The number of aromatic nitrogens is 2. The minimum absolute atomic E-state index is 0.0494. The van der Waals surface area contributed by atoms with Crippen molar-refractivity contribution in [2.24, 2.45) is 0 Å². The summed E-state index contributed by atoms with van der Waals surface area (Å²) in [5.74, 6) is 0.0494. The Morgan fingerprint density at radius 1 is 1.42 bits per heavy atom. The first kappa shape index (κ1) is 12.3. The van der Waals surface area contributed by atoms with Gasteiger partial charge in [0.15, 0.2) is 0 Å². The zero-order valence-corrected chi connectivity index (χ0v) is 11.8. The lowest BCUT2D eigenvalue weighted by Gasteiger charge is -2.24. The number of rotatable bonds is 2. The maximum Gasteiger partial charge on any atom is 0.242 e. The minimum atomic E-state index is -0.190. The average Bonchev–Trinajstić information content (AvgIpc) is 2.41. The summed E-state index contributed by atoms with van der Waals surface area (Å²) in [5.41, 5.74) is 2.43. The summed E-state index contributed by atoms with van der Waals surface area (Å²) in [7, 11) is 0. The number of hydrogen-bond acceptors (Lipinski definition) is 4. The van der Waals surface area contributed by atoms with E-state index < -0.39 is 0 Å². The van der Waals surface area contributed by atoms with Gasteiger partial charge in [-0.1, -0.05) is 0 Å². The molecule has 0 bridgehead atoms. The molecule has 0 spiro atoms. The van der Waals surface area contributed by atoms with Crippen molar-refractivity contribution in [3.63, 3.8) is 0 Å². The van der Waals surface area contributed by atoms with Gasteiger partial charge in [0.1, 0.15) is 11.6 Å². The van der Waals surface area contributed by atoms with Crippen LogP contribution in [0.5, 0.6) is 0 Å². The average molecular weight is 321 g/mol. The highest BCUT2D eigenvalue weighted by Gasteiger charge is 2.22. The fraction of sp³-hybridized carbons (Fsp3) is 0.308. The van der Waals surface area contributed by atoms with Gasteiger partial charge in [0, 0.05) is 23.4 Å². The normalized spacial score (nSPS) is 19.2. The van der Waals surface area contributed by atoms with E-state index >= 15 is 0 Å². The van der Waals surface area contributed by atoms with E-state index in [9.17, 15) is 4.79 Å². The van der Waals surface area contributed by atoms with Gasteiger partial charge in [-0.2, -0.15) is 0 Å². The summed E-state index contributed by atoms with van der Waals surface area (Å²) >= 11 is 3.38. The number of carbonyl (C=O) groups is 1. The van der Waals surface area contributed by atoms with Crippen molar-refractivity contribution in [3.05, 3.63) is 29.0 Å². The summed E-state index contributed by atoms with van der Waals surface area (Å²) in [6, 6.07) is 3.57. The number of piperidine rings is 1. The van der Waals surface area contributed by atoms with Gasteiger partial charge >= 0.3 is 0 Å². The predicted molar refractivity (Wildman–Crippen MR) is 76.9 cm³/mol. The Balaban J connectivity index is 1.94. The van der Waals surface area contributed by atoms with Crippen molar-refractivity contribution in [2.75, 3.05) is 11.9 Å². The van der Waals surface area contributed by atoms with Crippen LogP contribution in [-0.2, 0) is 4.79 Å². The van der Waals surface area contributed by atoms with Crippen molar-refractivity contribution in [2.45, 2.75) is 18.9 Å². The van der Waals surface area contributed by atoms with E-state index in [1.54, 1.807) is 12.4 Å². The first-order valence-corrected chi connectivity index (χ1v) is 6.98. The van der Waals surface area contributed by atoms with Crippen molar-refractivity contribution in [1.82, 2.24) is 15.3 Å². The molecule has 1 saturated heterocycles. The Kier molecular flexibility index (Phi) is 3.33. The molecule has 6 heteroatoms. The molecular weight excluding hydrogens is 308 g/mol. The van der Waals surface area contributed by atoms with E-state index in [1.165, 1.54) is 0 Å². The number of anilines is 1. The number of hydrogen-bond donors (Lipinski definition) is 2. The second-order valence-corrected chi connectivity index (χ2v) is 5.43. The van der Waals surface area contributed by atoms with Crippen LogP contribution in [0.1, 0.15) is 12.8 Å². The van der Waals surface area contributed by atoms with Gasteiger partial charge in [-0.25, -0.2) is 0 Å². The summed E-state index contributed by atoms with van der Waals surface area (Å²) in [6.07, 6.45) is 5.28. The summed E-state index contributed by atoms with van der Waals surface area (Å²) in [6.45, 7) is 0.763. The second kappa shape index (κ2) is 5.13. The zero-order chi connectivity index (χ0) is 13.2. The largest absolute Gasteiger partial charge is 0.372 e. The van der Waals surface area contributed by atoms with E-state index in [-0.39, 0.29) is 11.9 Å². The smallest absolute Gasteiger partial charge is 0.242 e. The van der Waals surface area contributed by atoms with Crippen LogP contribution in [0.25, 0.3) is 11.0 Å². The van der Waals surface area contributed by atoms with Crippen LogP contribution in [0.2, 0.25) is 0 Å². The van der Waals surface area contributed by atoms with E-state index in [2.05, 4.69) is 36.5 Å². The SMILES string of the molecule is O=C1NCCCC1Nc1ccnc2cc(Br)cnc12. The van der Waals surface area contributed by atoms with Crippen LogP contribution in [0.4, 0.5) is 5.69 Å². The van der Waals surface area contributed by atoms with E-state index in [0.717, 1.165) is 40.6 Å². The fourth-order valence-corrected chi connectivity index (χ4v) is 2.54. The first-order valence-electron chi connectivity index (χ1n) is 6.18. The Bertz CT molecular complexity index is 631. The maximum absolute atomic E-state index is 11.8. The molecule has 1 atom stereocenters. The Morgan fingerprint density at radius 3 is 3.16 bits per heavy atom. The summed E-state index contributed by atoms with van der Waals surface area (Å²) < 4.78 is 0.889. The van der Waals surface area contributed by atoms with E-state index in [0.29, 0.717) is 0 Å². The zero-order valence-electron chi connectivity index (χ0n) is 10.2. The lowest BCUT2D eigenvalue weighted by molar-refractivity contribution is -0.123. The molecule has 3 heterocycles. The van der Waals surface area contributed by atoms with Crippen molar-refractivity contribution in [1.29, 1.82) is 0 Å². The van der Waals surface area contributed by atoms with Crippen LogP contribution in [-0.4, -0.2) is 28.5 Å². The molecule has 1 aliphatic rings. The standard InChI is InChI=1S/C13H13BrN4O/c14-8-6-11-12(17-7-8)9(3-5-15-11)18-10-2-1-4-16-13(10)19/h3,5-7,10H,1-2,4H2,(H,15,18)(H,16,19). The number of carbonyl (C=O) groups excluding carboxylic acids is 1. The van der Waals surface area contributed by atoms with Crippen LogP contribution in [0, 0.1) is 0 Å². The number of pyridine rings is 2. The van der Waals surface area contributed by atoms with Gasteiger partial charge in [-0.15, -0.1) is 0 Å². The molecule has 1 amide bonds. The topological polar surface area (TPSA) is 66.9 Å². The van der Waals surface area contributed by atoms with Crippen LogP contribution in [0.3, 0.4) is 0 Å². The van der Waals surface area contributed by atoms with Gasteiger partial charge in [0.2, 0.25) is 5.91 Å². The quantitative estimate of drug-likeness (QED) is 0.889. The Morgan fingerprint density at radius 2 is 2.32 bits per heavy atom. The van der Waals surface area contributed by atoms with Crippen LogP contribution in [0.15, 0.2) is 29.0 Å². The first-order chi connectivity index (χ1) is 9.24. The molecule has 19 heavy (non-hydrogen) atoms. The Labute approximate surface area is 119 Å². The fourth-order valence-electron chi connectivity index (χ4n) is 2.22. The maximum atomic E-state index is 11.8. The van der Waals surface area contributed by atoms with Gasteiger partial charge in [-0.05, 0) is 40.9 Å². The summed E-state index contributed by atoms with van der Waals surface area (Å²) in [4.78, 5) is 20.4. The number of nitrogens with zero attached hydrogens (tertiary/aromatic N) is 2. The highest BCUT2D eigenvalue weighted by molar-refractivity contribution is 9.10. The van der Waals surface area contributed by atoms with Crippen LogP contribution >= 0.6 is 15.9 Å². The predicted octanol–water partition coefficient (Wildman–Crippen LogP) is 2.08. The molecule has 5 nitrogen and oxygen atoms in total. The van der Waals surface area contributed by atoms with Gasteiger partial charge in [0.05, 0.1) is 11.2 Å². The van der Waals surface area contributed by atoms with Gasteiger partial charge < -0.3 is 10.6 Å². The third kappa shape index (κ3) is 2.53. The third-order valence-electron chi connectivity index (χ3n) is 3.16. The third-order valence-corrected chi connectivity index (χ3v) is 3.59. The number of fused-ring (bicyclic) bond motifs is 1. The highest BCUT2D eigenvalue weighted by atomic mass is 79.9.